The highest BCUT2D eigenvalue weighted by atomic mass is 16.5. The number of anilines is 1. The number of ether oxygens (including phenoxy) is 1. The number of aliphatic hydroxyl groups excluding tert-OH is 1. The number of fused-ring (bicyclic) bond motifs is 1. The van der Waals surface area contributed by atoms with Gasteiger partial charge in [-0.3, -0.25) is 0 Å². The fraction of sp³-hybridized carbons (Fsp3) is 0.312. The van der Waals surface area contributed by atoms with Crippen molar-refractivity contribution in [1.29, 1.82) is 5.26 Å². The van der Waals surface area contributed by atoms with Crippen LogP contribution in [0.1, 0.15) is 31.0 Å². The van der Waals surface area contributed by atoms with Crippen LogP contribution in [0.4, 0.5) is 5.82 Å². The summed E-state index contributed by atoms with van der Waals surface area (Å²) in [6.07, 6.45) is 0.523. The highest BCUT2D eigenvalue weighted by molar-refractivity contribution is 5.50. The third-order valence-corrected chi connectivity index (χ3v) is 3.82. The van der Waals surface area contributed by atoms with Crippen LogP contribution in [0.2, 0.25) is 0 Å². The number of aliphatic hydroxyl groups is 1. The third kappa shape index (κ3) is 2.76. The van der Waals surface area contributed by atoms with Gasteiger partial charge in [-0.2, -0.15) is 10.2 Å². The van der Waals surface area contributed by atoms with E-state index in [1.807, 2.05) is 0 Å². The number of aromatic hydroxyl groups is 1. The number of rotatable bonds is 2. The molecule has 0 saturated heterocycles. The van der Waals surface area contributed by atoms with E-state index in [-0.39, 0.29) is 6.01 Å². The fourth-order valence-corrected chi connectivity index (χ4v) is 2.61. The summed E-state index contributed by atoms with van der Waals surface area (Å²) in [6.45, 7) is 3.57. The standard InChI is InChI=1S/C16H16N4O3/c1-16(2)14(21)13(19-12-5-6-18-15(22)20-12)10-7-9(8-17)3-4-11(10)23-16/h3-7,13-14,21H,1-2H3,(H2,18,19,20,22). The lowest BCUT2D eigenvalue weighted by Gasteiger charge is -2.42. The number of hydrogen-bond acceptors (Lipinski definition) is 7. The van der Waals surface area contributed by atoms with Crippen LogP contribution in [-0.2, 0) is 0 Å². The quantitative estimate of drug-likeness (QED) is 0.774. The molecule has 7 heteroatoms. The zero-order valence-electron chi connectivity index (χ0n) is 12.7. The van der Waals surface area contributed by atoms with Crippen LogP contribution in [0.15, 0.2) is 30.5 Å². The van der Waals surface area contributed by atoms with Crippen LogP contribution in [0.25, 0.3) is 0 Å². The fourth-order valence-electron chi connectivity index (χ4n) is 2.61. The average Bonchev–Trinajstić information content (AvgIpc) is 2.51. The predicted molar refractivity (Wildman–Crippen MR) is 81.9 cm³/mol. The van der Waals surface area contributed by atoms with Gasteiger partial charge in [0, 0.05) is 11.8 Å². The minimum absolute atomic E-state index is 0.359. The van der Waals surface area contributed by atoms with Gasteiger partial charge in [-0.25, -0.2) is 4.98 Å². The van der Waals surface area contributed by atoms with Crippen LogP contribution in [0.3, 0.4) is 0 Å². The Morgan fingerprint density at radius 2 is 2.13 bits per heavy atom. The number of hydrogen-bond donors (Lipinski definition) is 3. The molecule has 118 valence electrons. The Morgan fingerprint density at radius 3 is 2.83 bits per heavy atom. The van der Waals surface area contributed by atoms with Crippen molar-refractivity contribution in [2.45, 2.75) is 31.6 Å². The molecule has 2 aromatic rings. The van der Waals surface area contributed by atoms with Crippen molar-refractivity contribution < 1.29 is 14.9 Å². The second-order valence-corrected chi connectivity index (χ2v) is 5.88. The number of aromatic nitrogens is 2. The van der Waals surface area contributed by atoms with E-state index in [9.17, 15) is 10.2 Å². The lowest BCUT2D eigenvalue weighted by Crippen LogP contribution is -2.50. The van der Waals surface area contributed by atoms with Crippen molar-refractivity contribution in [2.75, 3.05) is 5.32 Å². The van der Waals surface area contributed by atoms with E-state index >= 15 is 0 Å². The first-order valence-electron chi connectivity index (χ1n) is 7.10. The summed E-state index contributed by atoms with van der Waals surface area (Å²) in [7, 11) is 0. The van der Waals surface area contributed by atoms with E-state index in [4.69, 9.17) is 10.00 Å². The third-order valence-electron chi connectivity index (χ3n) is 3.82. The first kappa shape index (κ1) is 15.1. The summed E-state index contributed by atoms with van der Waals surface area (Å²) < 4.78 is 5.84. The molecular formula is C16H16N4O3. The van der Waals surface area contributed by atoms with Crippen molar-refractivity contribution in [2.24, 2.45) is 0 Å². The van der Waals surface area contributed by atoms with E-state index in [0.717, 1.165) is 0 Å². The highest BCUT2D eigenvalue weighted by Gasteiger charge is 2.43. The summed E-state index contributed by atoms with van der Waals surface area (Å²) in [6, 6.07) is 7.81. The summed E-state index contributed by atoms with van der Waals surface area (Å²) in [5.41, 5.74) is 0.305. The van der Waals surface area contributed by atoms with Crippen LogP contribution < -0.4 is 10.1 Å². The van der Waals surface area contributed by atoms with Gasteiger partial charge < -0.3 is 20.3 Å². The minimum Gasteiger partial charge on any atom is -0.485 e. The average molecular weight is 312 g/mol. The molecule has 3 N–H and O–H groups in total. The molecule has 2 atom stereocenters. The Balaban J connectivity index is 2.05. The van der Waals surface area contributed by atoms with Gasteiger partial charge in [0.2, 0.25) is 0 Å². The van der Waals surface area contributed by atoms with Crippen molar-refractivity contribution in [3.63, 3.8) is 0 Å². The van der Waals surface area contributed by atoms with Gasteiger partial charge in [-0.05, 0) is 38.1 Å². The van der Waals surface area contributed by atoms with Crippen molar-refractivity contribution in [3.8, 4) is 17.8 Å². The van der Waals surface area contributed by atoms with Crippen LogP contribution in [0, 0.1) is 11.3 Å². The largest absolute Gasteiger partial charge is 0.485 e. The summed E-state index contributed by atoms with van der Waals surface area (Å²) >= 11 is 0. The molecule has 1 aliphatic rings. The maximum atomic E-state index is 10.7. The number of nitrogens with one attached hydrogen (secondary N) is 1. The number of nitriles is 1. The topological polar surface area (TPSA) is 111 Å². The Labute approximate surface area is 133 Å². The molecule has 0 radical (unpaired) electrons. The zero-order chi connectivity index (χ0) is 16.6. The van der Waals surface area contributed by atoms with Gasteiger partial charge in [0.25, 0.3) is 0 Å². The molecule has 1 aromatic heterocycles. The van der Waals surface area contributed by atoms with Crippen molar-refractivity contribution in [3.05, 3.63) is 41.6 Å². The van der Waals surface area contributed by atoms with Crippen LogP contribution in [-0.4, -0.2) is 31.9 Å². The van der Waals surface area contributed by atoms with Gasteiger partial charge in [0.15, 0.2) is 0 Å². The van der Waals surface area contributed by atoms with Crippen LogP contribution >= 0.6 is 0 Å². The zero-order valence-corrected chi connectivity index (χ0v) is 12.7. The van der Waals surface area contributed by atoms with E-state index in [0.29, 0.717) is 22.7 Å². The first-order chi connectivity index (χ1) is 10.9. The summed E-state index contributed by atoms with van der Waals surface area (Å²) in [4.78, 5) is 7.51. The molecule has 0 bridgehead atoms. The Bertz CT molecular complexity index is 785. The predicted octanol–water partition coefficient (Wildman–Crippen LogP) is 1.74. The Hall–Kier alpha value is -2.85. The molecule has 2 unspecified atom stereocenters. The van der Waals surface area contributed by atoms with Crippen molar-refractivity contribution >= 4 is 5.82 Å². The van der Waals surface area contributed by atoms with E-state index in [1.54, 1.807) is 38.1 Å². The molecule has 1 aromatic carbocycles. The highest BCUT2D eigenvalue weighted by Crippen LogP contribution is 2.41. The second-order valence-electron chi connectivity index (χ2n) is 5.88. The maximum absolute atomic E-state index is 10.7. The lowest BCUT2D eigenvalue weighted by atomic mass is 9.86. The molecule has 0 saturated carbocycles. The van der Waals surface area contributed by atoms with E-state index in [1.165, 1.54) is 6.20 Å². The summed E-state index contributed by atoms with van der Waals surface area (Å²) in [5.74, 6) is 0.961. The van der Waals surface area contributed by atoms with Crippen LogP contribution in [0.5, 0.6) is 11.8 Å². The SMILES string of the molecule is CC1(C)Oc2ccc(C#N)cc2C(Nc2ccnc(O)n2)C1O. The minimum atomic E-state index is -0.888. The Kier molecular flexibility index (Phi) is 3.54. The molecule has 23 heavy (non-hydrogen) atoms. The maximum Gasteiger partial charge on any atom is 0.315 e. The number of benzene rings is 1. The molecule has 0 spiro atoms. The normalized spacial score (nSPS) is 21.7. The molecule has 2 heterocycles. The van der Waals surface area contributed by atoms with Gasteiger partial charge in [0.05, 0.1) is 17.7 Å². The lowest BCUT2D eigenvalue weighted by molar-refractivity contribution is -0.0533. The molecule has 0 amide bonds. The molecule has 0 fully saturated rings. The van der Waals surface area contributed by atoms with Gasteiger partial charge in [-0.15, -0.1) is 0 Å². The van der Waals surface area contributed by atoms with E-state index < -0.39 is 17.7 Å². The van der Waals surface area contributed by atoms with Crippen molar-refractivity contribution in [1.82, 2.24) is 9.97 Å². The van der Waals surface area contributed by atoms with Gasteiger partial charge >= 0.3 is 6.01 Å². The second kappa shape index (κ2) is 5.41. The summed E-state index contributed by atoms with van der Waals surface area (Å²) in [5, 5.41) is 32.2. The molecular weight excluding hydrogens is 296 g/mol. The van der Waals surface area contributed by atoms with Gasteiger partial charge in [0.1, 0.15) is 23.3 Å². The molecule has 1 aliphatic heterocycles. The molecule has 7 nitrogen and oxygen atoms in total. The Morgan fingerprint density at radius 1 is 1.35 bits per heavy atom. The van der Waals surface area contributed by atoms with Gasteiger partial charge in [-0.1, -0.05) is 0 Å². The number of nitrogens with zero attached hydrogens (tertiary/aromatic N) is 3. The molecule has 3 rings (SSSR count). The monoisotopic (exact) mass is 312 g/mol. The smallest absolute Gasteiger partial charge is 0.315 e. The molecule has 0 aliphatic carbocycles. The first-order valence-corrected chi connectivity index (χ1v) is 7.10. The van der Waals surface area contributed by atoms with E-state index in [2.05, 4.69) is 21.4 Å².